The minimum absolute atomic E-state index is 0. The van der Waals surface area contributed by atoms with E-state index in [4.69, 9.17) is 4.42 Å². The van der Waals surface area contributed by atoms with Gasteiger partial charge in [-0.05, 0) is 25.1 Å². The second kappa shape index (κ2) is 5.10. The molecular formula is C15H14INO. The van der Waals surface area contributed by atoms with Crippen molar-refractivity contribution < 1.29 is 33.0 Å². The van der Waals surface area contributed by atoms with Crippen molar-refractivity contribution in [1.82, 2.24) is 0 Å². The fraction of sp³-hybridized carbons (Fsp3) is 0.133. The first kappa shape index (κ1) is 13.1. The van der Waals surface area contributed by atoms with Crippen LogP contribution in [-0.4, -0.2) is 0 Å². The van der Waals surface area contributed by atoms with E-state index in [2.05, 4.69) is 37.3 Å². The Bertz CT molecular complexity index is 671. The van der Waals surface area contributed by atoms with E-state index in [1.807, 2.05) is 30.1 Å². The number of aromatic nitrogens is 1. The van der Waals surface area contributed by atoms with Gasteiger partial charge < -0.3 is 28.4 Å². The highest BCUT2D eigenvalue weighted by molar-refractivity contribution is 5.83. The molecule has 0 saturated heterocycles. The molecule has 18 heavy (non-hydrogen) atoms. The topological polar surface area (TPSA) is 17.0 Å². The monoisotopic (exact) mass is 351 g/mol. The number of aryl methyl sites for hydroxylation is 2. The molecule has 3 heteroatoms. The molecule has 2 nitrogen and oxygen atoms in total. The molecule has 0 aliphatic rings. The Morgan fingerprint density at radius 1 is 1.00 bits per heavy atom. The number of hydrogen-bond donors (Lipinski definition) is 0. The molecule has 0 spiro atoms. The van der Waals surface area contributed by atoms with Crippen LogP contribution < -0.4 is 28.5 Å². The molecular weight excluding hydrogens is 337 g/mol. The first-order valence-electron chi connectivity index (χ1n) is 5.68. The standard InChI is InChI=1S/C15H14NO.HI/c1-11-3-4-14-13(9-11)10-15(17-14)12-5-7-16(2)8-6-12;/h3-10H,1-2H3;1H/q+1;/p-1. The maximum atomic E-state index is 5.84. The van der Waals surface area contributed by atoms with E-state index in [-0.39, 0.29) is 24.0 Å². The number of hydrogen-bond acceptors (Lipinski definition) is 1. The van der Waals surface area contributed by atoms with E-state index in [0.717, 1.165) is 22.3 Å². The molecule has 0 saturated carbocycles. The van der Waals surface area contributed by atoms with E-state index < -0.39 is 0 Å². The SMILES string of the molecule is Cc1ccc2oc(-c3cc[n+](C)cc3)cc2c1.[I-]. The van der Waals surface area contributed by atoms with Crippen LogP contribution in [0.2, 0.25) is 0 Å². The van der Waals surface area contributed by atoms with Gasteiger partial charge in [-0.1, -0.05) is 11.6 Å². The Morgan fingerprint density at radius 2 is 1.72 bits per heavy atom. The largest absolute Gasteiger partial charge is 1.00 e. The lowest BCUT2D eigenvalue weighted by Crippen LogP contribution is -3.00. The molecule has 1 aromatic carbocycles. The van der Waals surface area contributed by atoms with Gasteiger partial charge in [0.2, 0.25) is 0 Å². The lowest BCUT2D eigenvalue weighted by Gasteiger charge is -1.93. The summed E-state index contributed by atoms with van der Waals surface area (Å²) in [6.45, 7) is 2.09. The third-order valence-corrected chi connectivity index (χ3v) is 2.93. The zero-order valence-corrected chi connectivity index (χ0v) is 12.5. The van der Waals surface area contributed by atoms with Gasteiger partial charge in [0.25, 0.3) is 0 Å². The molecule has 0 fully saturated rings. The van der Waals surface area contributed by atoms with E-state index in [9.17, 15) is 0 Å². The average Bonchev–Trinajstić information content (AvgIpc) is 2.72. The van der Waals surface area contributed by atoms with E-state index in [1.54, 1.807) is 0 Å². The predicted molar refractivity (Wildman–Crippen MR) is 67.6 cm³/mol. The van der Waals surface area contributed by atoms with Gasteiger partial charge in [0.1, 0.15) is 18.4 Å². The summed E-state index contributed by atoms with van der Waals surface area (Å²) in [6, 6.07) is 12.5. The minimum atomic E-state index is 0. The fourth-order valence-electron chi connectivity index (χ4n) is 1.97. The van der Waals surface area contributed by atoms with Crippen molar-refractivity contribution in [2.45, 2.75) is 6.92 Å². The zero-order valence-electron chi connectivity index (χ0n) is 10.4. The highest BCUT2D eigenvalue weighted by atomic mass is 127. The van der Waals surface area contributed by atoms with Gasteiger partial charge in [0.15, 0.2) is 12.4 Å². The highest BCUT2D eigenvalue weighted by Crippen LogP contribution is 2.27. The van der Waals surface area contributed by atoms with Crippen LogP contribution in [0.15, 0.2) is 53.2 Å². The lowest BCUT2D eigenvalue weighted by molar-refractivity contribution is -0.671. The van der Waals surface area contributed by atoms with Crippen molar-refractivity contribution in [3.63, 3.8) is 0 Å². The summed E-state index contributed by atoms with van der Waals surface area (Å²) in [5.41, 5.74) is 3.31. The van der Waals surface area contributed by atoms with Gasteiger partial charge in [-0.25, -0.2) is 4.57 Å². The second-order valence-electron chi connectivity index (χ2n) is 4.40. The Balaban J connectivity index is 0.00000120. The molecule has 0 aliphatic heterocycles. The van der Waals surface area contributed by atoms with E-state index in [1.165, 1.54) is 5.56 Å². The van der Waals surface area contributed by atoms with E-state index in [0.29, 0.717) is 0 Å². The molecule has 0 bridgehead atoms. The Morgan fingerprint density at radius 3 is 2.44 bits per heavy atom. The van der Waals surface area contributed by atoms with Gasteiger partial charge in [-0.15, -0.1) is 0 Å². The molecule has 0 atom stereocenters. The molecule has 0 N–H and O–H groups in total. The molecule has 2 heterocycles. The van der Waals surface area contributed by atoms with Crippen LogP contribution in [0.3, 0.4) is 0 Å². The number of rotatable bonds is 1. The maximum Gasteiger partial charge on any atom is 0.169 e. The van der Waals surface area contributed by atoms with Crippen molar-refractivity contribution in [3.8, 4) is 11.3 Å². The molecule has 0 unspecified atom stereocenters. The van der Waals surface area contributed by atoms with Crippen molar-refractivity contribution in [2.75, 3.05) is 0 Å². The van der Waals surface area contributed by atoms with Crippen molar-refractivity contribution in [3.05, 3.63) is 54.4 Å². The average molecular weight is 351 g/mol. The molecule has 2 aromatic heterocycles. The number of halogens is 1. The molecule has 0 amide bonds. The second-order valence-corrected chi connectivity index (χ2v) is 4.40. The van der Waals surface area contributed by atoms with Gasteiger partial charge in [0, 0.05) is 23.1 Å². The third kappa shape index (κ3) is 2.41. The van der Waals surface area contributed by atoms with Crippen LogP contribution in [0.1, 0.15) is 5.56 Å². The minimum Gasteiger partial charge on any atom is -1.00 e. The molecule has 92 valence electrons. The Hall–Kier alpha value is -1.36. The first-order valence-corrected chi connectivity index (χ1v) is 5.68. The lowest BCUT2D eigenvalue weighted by atomic mass is 10.1. The predicted octanol–water partition coefficient (Wildman–Crippen LogP) is 0.237. The van der Waals surface area contributed by atoms with Gasteiger partial charge >= 0.3 is 0 Å². The Kier molecular flexibility index (Phi) is 3.71. The summed E-state index contributed by atoms with van der Waals surface area (Å²) >= 11 is 0. The summed E-state index contributed by atoms with van der Waals surface area (Å²) in [5, 5.41) is 1.16. The normalized spacial score (nSPS) is 10.3. The van der Waals surface area contributed by atoms with Crippen LogP contribution in [0.5, 0.6) is 0 Å². The van der Waals surface area contributed by atoms with Crippen LogP contribution >= 0.6 is 0 Å². The molecule has 0 radical (unpaired) electrons. The third-order valence-electron chi connectivity index (χ3n) is 2.93. The summed E-state index contributed by atoms with van der Waals surface area (Å²) in [4.78, 5) is 0. The Labute approximate surface area is 123 Å². The quantitative estimate of drug-likeness (QED) is 0.454. The first-order chi connectivity index (χ1) is 8.22. The number of benzene rings is 1. The summed E-state index contributed by atoms with van der Waals surface area (Å²) < 4.78 is 7.85. The van der Waals surface area contributed by atoms with E-state index >= 15 is 0 Å². The van der Waals surface area contributed by atoms with Crippen molar-refractivity contribution in [1.29, 1.82) is 0 Å². The zero-order chi connectivity index (χ0) is 11.8. The van der Waals surface area contributed by atoms with Gasteiger partial charge in [0.05, 0.1) is 0 Å². The summed E-state index contributed by atoms with van der Waals surface area (Å²) in [6.07, 6.45) is 4.04. The summed E-state index contributed by atoms with van der Waals surface area (Å²) in [7, 11) is 2.01. The van der Waals surface area contributed by atoms with Crippen molar-refractivity contribution >= 4 is 11.0 Å². The number of nitrogens with zero attached hydrogens (tertiary/aromatic N) is 1. The molecule has 3 aromatic rings. The maximum absolute atomic E-state index is 5.84. The smallest absolute Gasteiger partial charge is 0.169 e. The fourth-order valence-corrected chi connectivity index (χ4v) is 1.97. The van der Waals surface area contributed by atoms with Crippen LogP contribution in [0.25, 0.3) is 22.3 Å². The highest BCUT2D eigenvalue weighted by Gasteiger charge is 2.07. The van der Waals surface area contributed by atoms with Crippen LogP contribution in [0.4, 0.5) is 0 Å². The molecule has 0 aliphatic carbocycles. The molecule has 3 rings (SSSR count). The summed E-state index contributed by atoms with van der Waals surface area (Å²) in [5.74, 6) is 0.922. The van der Waals surface area contributed by atoms with Crippen LogP contribution in [-0.2, 0) is 7.05 Å². The van der Waals surface area contributed by atoms with Crippen LogP contribution in [0, 0.1) is 6.92 Å². The van der Waals surface area contributed by atoms with Gasteiger partial charge in [-0.3, -0.25) is 0 Å². The number of fused-ring (bicyclic) bond motifs is 1. The van der Waals surface area contributed by atoms with Gasteiger partial charge in [-0.2, -0.15) is 0 Å². The number of furan rings is 1. The number of pyridine rings is 1. The van der Waals surface area contributed by atoms with Crippen molar-refractivity contribution in [2.24, 2.45) is 7.05 Å².